The van der Waals surface area contributed by atoms with Gasteiger partial charge in [0, 0.05) is 5.69 Å². The van der Waals surface area contributed by atoms with Gasteiger partial charge in [0.15, 0.2) is 0 Å². The second-order valence-corrected chi connectivity index (χ2v) is 5.61. The van der Waals surface area contributed by atoms with Gasteiger partial charge in [-0.1, -0.05) is 31.9 Å². The largest absolute Gasteiger partial charge is 0.392 e. The number of aliphatic hydroxyl groups excluding tert-OH is 1. The molecule has 1 fully saturated rings. The maximum Gasteiger partial charge on any atom is 0.250 e. The Balaban J connectivity index is 1.77. The van der Waals surface area contributed by atoms with Crippen LogP contribution in [0.1, 0.15) is 38.2 Å². The molecule has 1 aromatic rings. The summed E-state index contributed by atoms with van der Waals surface area (Å²) in [6.45, 7) is 2.30. The van der Waals surface area contributed by atoms with Crippen LogP contribution < -0.4 is 5.32 Å². The minimum Gasteiger partial charge on any atom is -0.392 e. The van der Waals surface area contributed by atoms with Gasteiger partial charge in [0.05, 0.1) is 12.7 Å². The lowest BCUT2D eigenvalue weighted by Gasteiger charge is -2.26. The molecular formula is C16H23NO3. The number of amides is 1. The summed E-state index contributed by atoms with van der Waals surface area (Å²) in [5.41, 5.74) is 1.48. The summed E-state index contributed by atoms with van der Waals surface area (Å²) in [4.78, 5) is 11.8. The van der Waals surface area contributed by atoms with Crippen molar-refractivity contribution in [3.05, 3.63) is 29.8 Å². The molecule has 4 nitrogen and oxygen atoms in total. The van der Waals surface area contributed by atoms with Crippen LogP contribution in [0.4, 0.5) is 5.69 Å². The van der Waals surface area contributed by atoms with Crippen LogP contribution in [-0.2, 0) is 16.1 Å². The molecule has 1 aromatic carbocycles. The molecule has 1 aliphatic carbocycles. The summed E-state index contributed by atoms with van der Waals surface area (Å²) in [6, 6.07) is 7.20. The van der Waals surface area contributed by atoms with Crippen LogP contribution in [0.15, 0.2) is 24.3 Å². The van der Waals surface area contributed by atoms with Crippen LogP contribution in [0.25, 0.3) is 0 Å². The van der Waals surface area contributed by atoms with Crippen LogP contribution in [-0.4, -0.2) is 23.7 Å². The predicted octanol–water partition coefficient (Wildman–Crippen LogP) is 2.71. The summed E-state index contributed by atoms with van der Waals surface area (Å²) < 4.78 is 5.68. The second kappa shape index (κ2) is 7.41. The van der Waals surface area contributed by atoms with Crippen molar-refractivity contribution in [2.45, 2.75) is 45.3 Å². The third-order valence-corrected chi connectivity index (χ3v) is 3.73. The van der Waals surface area contributed by atoms with Crippen LogP contribution in [0.3, 0.4) is 0 Å². The van der Waals surface area contributed by atoms with Crippen LogP contribution >= 0.6 is 0 Å². The number of anilines is 1. The van der Waals surface area contributed by atoms with Gasteiger partial charge in [-0.3, -0.25) is 4.79 Å². The minimum absolute atomic E-state index is 0.0276. The monoisotopic (exact) mass is 277 g/mol. The van der Waals surface area contributed by atoms with Gasteiger partial charge < -0.3 is 15.2 Å². The molecule has 1 amide bonds. The summed E-state index contributed by atoms with van der Waals surface area (Å²) in [5, 5.41) is 11.8. The van der Waals surface area contributed by atoms with Gasteiger partial charge in [0.2, 0.25) is 5.91 Å². The molecule has 2 rings (SSSR count). The first kappa shape index (κ1) is 15.0. The SMILES string of the molecule is C[C@H]1CCC[C@@H](OCC(=O)Nc2cccc(CO)c2)C1. The molecule has 4 heteroatoms. The predicted molar refractivity (Wildman–Crippen MR) is 78.4 cm³/mol. The number of rotatable bonds is 5. The Morgan fingerprint density at radius 1 is 1.45 bits per heavy atom. The van der Waals surface area contributed by atoms with E-state index in [2.05, 4.69) is 12.2 Å². The maximum absolute atomic E-state index is 11.8. The molecule has 0 bridgehead atoms. The molecule has 110 valence electrons. The molecule has 0 heterocycles. The highest BCUT2D eigenvalue weighted by molar-refractivity contribution is 5.91. The molecule has 1 saturated carbocycles. The fraction of sp³-hybridized carbons (Fsp3) is 0.562. The number of carbonyl (C=O) groups is 1. The number of benzene rings is 1. The van der Waals surface area contributed by atoms with Gasteiger partial charge in [-0.15, -0.1) is 0 Å². The average molecular weight is 277 g/mol. The van der Waals surface area contributed by atoms with Crippen molar-refractivity contribution < 1.29 is 14.6 Å². The van der Waals surface area contributed by atoms with Crippen molar-refractivity contribution in [1.82, 2.24) is 0 Å². The summed E-state index contributed by atoms with van der Waals surface area (Å²) >= 11 is 0. The van der Waals surface area contributed by atoms with Crippen molar-refractivity contribution in [2.24, 2.45) is 5.92 Å². The van der Waals surface area contributed by atoms with E-state index in [0.717, 1.165) is 18.4 Å². The van der Waals surface area contributed by atoms with E-state index in [0.29, 0.717) is 11.6 Å². The van der Waals surface area contributed by atoms with Crippen molar-refractivity contribution in [1.29, 1.82) is 0 Å². The number of hydrogen-bond donors (Lipinski definition) is 2. The molecule has 0 saturated heterocycles. The minimum atomic E-state index is -0.140. The number of nitrogens with one attached hydrogen (secondary N) is 1. The zero-order valence-electron chi connectivity index (χ0n) is 12.0. The van der Waals surface area contributed by atoms with E-state index in [1.807, 2.05) is 12.1 Å². The Bertz CT molecular complexity index is 447. The molecule has 1 aliphatic rings. The summed E-state index contributed by atoms with van der Waals surface area (Å²) in [6.07, 6.45) is 4.77. The fourth-order valence-electron chi connectivity index (χ4n) is 2.67. The van der Waals surface area contributed by atoms with Crippen molar-refractivity contribution in [2.75, 3.05) is 11.9 Å². The van der Waals surface area contributed by atoms with E-state index in [9.17, 15) is 4.79 Å². The lowest BCUT2D eigenvalue weighted by molar-refractivity contribution is -0.123. The highest BCUT2D eigenvalue weighted by Crippen LogP contribution is 2.25. The number of aliphatic hydroxyl groups is 1. The fourth-order valence-corrected chi connectivity index (χ4v) is 2.67. The van der Waals surface area contributed by atoms with Crippen LogP contribution in [0, 0.1) is 5.92 Å². The first-order chi connectivity index (χ1) is 9.67. The van der Waals surface area contributed by atoms with Crippen LogP contribution in [0.2, 0.25) is 0 Å². The van der Waals surface area contributed by atoms with E-state index < -0.39 is 0 Å². The lowest BCUT2D eigenvalue weighted by Crippen LogP contribution is -2.27. The molecular weight excluding hydrogens is 254 g/mol. The normalized spacial score (nSPS) is 22.5. The molecule has 2 N–H and O–H groups in total. The second-order valence-electron chi connectivity index (χ2n) is 5.61. The molecule has 0 unspecified atom stereocenters. The first-order valence-corrected chi connectivity index (χ1v) is 7.28. The van der Waals surface area contributed by atoms with E-state index in [1.54, 1.807) is 12.1 Å². The topological polar surface area (TPSA) is 58.6 Å². The van der Waals surface area contributed by atoms with Crippen molar-refractivity contribution in [3.8, 4) is 0 Å². The lowest BCUT2D eigenvalue weighted by atomic mass is 9.89. The third-order valence-electron chi connectivity index (χ3n) is 3.73. The zero-order valence-corrected chi connectivity index (χ0v) is 12.0. The average Bonchev–Trinajstić information content (AvgIpc) is 2.45. The number of carbonyl (C=O) groups excluding carboxylic acids is 1. The van der Waals surface area contributed by atoms with E-state index in [4.69, 9.17) is 9.84 Å². The standard InChI is InChI=1S/C16H23NO3/c1-12-4-2-7-15(8-12)20-11-16(19)17-14-6-3-5-13(9-14)10-18/h3,5-6,9,12,15,18H,2,4,7-8,10-11H2,1H3,(H,17,19)/t12-,15+/m0/s1. The van der Waals surface area contributed by atoms with Crippen molar-refractivity contribution >= 4 is 11.6 Å². The Morgan fingerprint density at radius 3 is 3.05 bits per heavy atom. The molecule has 20 heavy (non-hydrogen) atoms. The summed E-state index contributed by atoms with van der Waals surface area (Å²) in [5.74, 6) is 0.552. The number of hydrogen-bond acceptors (Lipinski definition) is 3. The van der Waals surface area contributed by atoms with Gasteiger partial charge >= 0.3 is 0 Å². The zero-order chi connectivity index (χ0) is 14.4. The van der Waals surface area contributed by atoms with Gasteiger partial charge in [-0.25, -0.2) is 0 Å². The highest BCUT2D eigenvalue weighted by atomic mass is 16.5. The molecule has 0 radical (unpaired) electrons. The third kappa shape index (κ3) is 4.62. The quantitative estimate of drug-likeness (QED) is 0.870. The number of ether oxygens (including phenoxy) is 1. The Morgan fingerprint density at radius 2 is 2.30 bits per heavy atom. The molecule has 0 spiro atoms. The molecule has 2 atom stereocenters. The van der Waals surface area contributed by atoms with Gasteiger partial charge in [-0.2, -0.15) is 0 Å². The smallest absolute Gasteiger partial charge is 0.250 e. The molecule has 0 aromatic heterocycles. The first-order valence-electron chi connectivity index (χ1n) is 7.28. The van der Waals surface area contributed by atoms with E-state index in [-0.39, 0.29) is 25.2 Å². The van der Waals surface area contributed by atoms with Gasteiger partial charge in [-0.05, 0) is 36.5 Å². The van der Waals surface area contributed by atoms with E-state index >= 15 is 0 Å². The van der Waals surface area contributed by atoms with Gasteiger partial charge in [0.25, 0.3) is 0 Å². The Hall–Kier alpha value is -1.39. The maximum atomic E-state index is 11.8. The Labute approximate surface area is 120 Å². The molecule has 0 aliphatic heterocycles. The van der Waals surface area contributed by atoms with E-state index in [1.165, 1.54) is 12.8 Å². The Kier molecular flexibility index (Phi) is 5.56. The highest BCUT2D eigenvalue weighted by Gasteiger charge is 2.20. The van der Waals surface area contributed by atoms with Gasteiger partial charge in [0.1, 0.15) is 6.61 Å². The van der Waals surface area contributed by atoms with Crippen molar-refractivity contribution in [3.63, 3.8) is 0 Å². The van der Waals surface area contributed by atoms with Crippen LogP contribution in [0.5, 0.6) is 0 Å². The summed E-state index contributed by atoms with van der Waals surface area (Å²) in [7, 11) is 0.